The van der Waals surface area contributed by atoms with E-state index in [4.69, 9.17) is 9.47 Å². The van der Waals surface area contributed by atoms with Gasteiger partial charge in [0.1, 0.15) is 6.61 Å². The van der Waals surface area contributed by atoms with Crippen molar-refractivity contribution in [1.82, 2.24) is 4.90 Å². The maximum atomic E-state index is 5.84. The number of rotatable bonds is 18. The van der Waals surface area contributed by atoms with Crippen LogP contribution in [-0.2, 0) is 9.47 Å². The van der Waals surface area contributed by atoms with Crippen LogP contribution in [0.15, 0.2) is 24.7 Å². The third-order valence-corrected chi connectivity index (χ3v) is 5.46. The van der Waals surface area contributed by atoms with Gasteiger partial charge < -0.3 is 9.47 Å². The van der Waals surface area contributed by atoms with Gasteiger partial charge in [-0.2, -0.15) is 0 Å². The molecule has 1 fully saturated rings. The van der Waals surface area contributed by atoms with E-state index in [2.05, 4.69) is 38.8 Å². The molecule has 1 heterocycles. The van der Waals surface area contributed by atoms with E-state index in [-0.39, 0.29) is 0 Å². The molecular weight excluding hydrogens is 334 g/mol. The summed E-state index contributed by atoms with van der Waals surface area (Å²) in [5.41, 5.74) is 0. The summed E-state index contributed by atoms with van der Waals surface area (Å²) in [5, 5.41) is 0. The number of unbranched alkanes of at least 4 members (excludes halogenated alkanes) is 7. The Bertz CT molecular complexity index is 401. The second-order valence-electron chi connectivity index (χ2n) is 8.47. The van der Waals surface area contributed by atoms with Crippen molar-refractivity contribution in [1.29, 1.82) is 0 Å². The molecule has 0 bridgehead atoms. The third kappa shape index (κ3) is 12.2. The Labute approximate surface area is 169 Å². The van der Waals surface area contributed by atoms with Crippen LogP contribution in [0.2, 0.25) is 0 Å². The summed E-state index contributed by atoms with van der Waals surface area (Å²) in [5.74, 6) is 2.77. The van der Waals surface area contributed by atoms with Gasteiger partial charge in [-0.3, -0.25) is 4.90 Å². The van der Waals surface area contributed by atoms with Crippen LogP contribution >= 0.6 is 0 Å². The molecule has 1 unspecified atom stereocenters. The zero-order valence-corrected chi connectivity index (χ0v) is 18.4. The van der Waals surface area contributed by atoms with Gasteiger partial charge in [-0.1, -0.05) is 65.5 Å². The van der Waals surface area contributed by atoms with Crippen molar-refractivity contribution in [3.05, 3.63) is 24.7 Å². The lowest BCUT2D eigenvalue weighted by Gasteiger charge is -2.41. The van der Waals surface area contributed by atoms with E-state index in [1.165, 1.54) is 58.0 Å². The fraction of sp³-hybridized carbons (Fsp3) is 0.833. The van der Waals surface area contributed by atoms with E-state index in [1.807, 2.05) is 0 Å². The third-order valence-electron chi connectivity index (χ3n) is 5.46. The van der Waals surface area contributed by atoms with E-state index in [0.717, 1.165) is 56.3 Å². The molecule has 1 aliphatic heterocycles. The highest BCUT2D eigenvalue weighted by atomic mass is 16.5. The van der Waals surface area contributed by atoms with E-state index in [1.54, 1.807) is 0 Å². The van der Waals surface area contributed by atoms with Gasteiger partial charge in [0.15, 0.2) is 0 Å². The van der Waals surface area contributed by atoms with Crippen LogP contribution in [0, 0.1) is 5.92 Å². The molecule has 1 aliphatic rings. The molecular formula is C24H45NO2. The van der Waals surface area contributed by atoms with Crippen LogP contribution in [0.1, 0.15) is 91.4 Å². The number of hydrogen-bond donors (Lipinski definition) is 0. The molecule has 3 nitrogen and oxygen atoms in total. The SMILES string of the molecule is C=C(CCCCCCC)OCCCCCCC(=C)OCC(C)N1CC(C)C1. The molecule has 1 rings (SSSR count). The topological polar surface area (TPSA) is 21.7 Å². The van der Waals surface area contributed by atoms with Crippen molar-refractivity contribution in [2.75, 3.05) is 26.3 Å². The maximum absolute atomic E-state index is 5.84. The molecule has 1 atom stereocenters. The molecule has 0 aromatic carbocycles. The first kappa shape index (κ1) is 24.1. The van der Waals surface area contributed by atoms with E-state index >= 15 is 0 Å². The van der Waals surface area contributed by atoms with Gasteiger partial charge in [0.25, 0.3) is 0 Å². The van der Waals surface area contributed by atoms with E-state index in [9.17, 15) is 0 Å². The van der Waals surface area contributed by atoms with Gasteiger partial charge in [-0.05, 0) is 32.1 Å². The van der Waals surface area contributed by atoms with Crippen molar-refractivity contribution in [3.63, 3.8) is 0 Å². The van der Waals surface area contributed by atoms with Crippen molar-refractivity contribution < 1.29 is 9.47 Å². The van der Waals surface area contributed by atoms with Crippen molar-refractivity contribution in [2.45, 2.75) is 97.4 Å². The van der Waals surface area contributed by atoms with Gasteiger partial charge in [-0.25, -0.2) is 0 Å². The smallest absolute Gasteiger partial charge is 0.103 e. The molecule has 0 aromatic heterocycles. The molecule has 0 aliphatic carbocycles. The second kappa shape index (κ2) is 15.0. The number of nitrogens with zero attached hydrogens (tertiary/aromatic N) is 1. The zero-order valence-electron chi connectivity index (χ0n) is 18.4. The van der Waals surface area contributed by atoms with Gasteiger partial charge in [0.05, 0.1) is 18.1 Å². The number of ether oxygens (including phenoxy) is 2. The molecule has 158 valence electrons. The second-order valence-corrected chi connectivity index (χ2v) is 8.47. The van der Waals surface area contributed by atoms with Crippen LogP contribution < -0.4 is 0 Å². The largest absolute Gasteiger partial charge is 0.499 e. The van der Waals surface area contributed by atoms with Crippen LogP contribution in [-0.4, -0.2) is 37.2 Å². The van der Waals surface area contributed by atoms with Gasteiger partial charge >= 0.3 is 0 Å². The number of hydrogen-bond acceptors (Lipinski definition) is 3. The maximum Gasteiger partial charge on any atom is 0.103 e. The summed E-state index contributed by atoms with van der Waals surface area (Å²) >= 11 is 0. The summed E-state index contributed by atoms with van der Waals surface area (Å²) in [6, 6.07) is 0.509. The molecule has 0 saturated carbocycles. The van der Waals surface area contributed by atoms with Crippen LogP contribution in [0.25, 0.3) is 0 Å². The summed E-state index contributed by atoms with van der Waals surface area (Å²) in [6.45, 7) is 18.9. The lowest BCUT2D eigenvalue weighted by molar-refractivity contribution is 0.0290. The van der Waals surface area contributed by atoms with E-state index in [0.29, 0.717) is 6.04 Å². The minimum Gasteiger partial charge on any atom is -0.499 e. The fourth-order valence-electron chi connectivity index (χ4n) is 3.52. The summed E-state index contributed by atoms with van der Waals surface area (Å²) in [6.07, 6.45) is 13.2. The van der Waals surface area contributed by atoms with Crippen molar-refractivity contribution in [2.24, 2.45) is 5.92 Å². The molecule has 0 spiro atoms. The average molecular weight is 380 g/mol. The highest BCUT2D eigenvalue weighted by Crippen LogP contribution is 2.19. The van der Waals surface area contributed by atoms with Gasteiger partial charge in [-0.15, -0.1) is 0 Å². The summed E-state index contributed by atoms with van der Waals surface area (Å²) in [7, 11) is 0. The predicted octanol–water partition coefficient (Wildman–Crippen LogP) is 6.70. The molecule has 0 aromatic rings. The van der Waals surface area contributed by atoms with Crippen molar-refractivity contribution >= 4 is 0 Å². The Kier molecular flexibility index (Phi) is 13.4. The summed E-state index contributed by atoms with van der Waals surface area (Å²) in [4.78, 5) is 2.48. The molecule has 27 heavy (non-hydrogen) atoms. The molecule has 0 N–H and O–H groups in total. The Morgan fingerprint density at radius 3 is 2.04 bits per heavy atom. The first-order valence-corrected chi connectivity index (χ1v) is 11.4. The van der Waals surface area contributed by atoms with Crippen LogP contribution in [0.4, 0.5) is 0 Å². The lowest BCUT2D eigenvalue weighted by atomic mass is 10.0. The highest BCUT2D eigenvalue weighted by Gasteiger charge is 2.26. The van der Waals surface area contributed by atoms with Crippen LogP contribution in [0.5, 0.6) is 0 Å². The number of likely N-dealkylation sites (tertiary alicyclic amines) is 1. The Morgan fingerprint density at radius 2 is 1.44 bits per heavy atom. The Balaban J connectivity index is 1.85. The molecule has 0 radical (unpaired) electrons. The monoisotopic (exact) mass is 379 g/mol. The van der Waals surface area contributed by atoms with Gasteiger partial charge in [0, 0.05) is 32.0 Å². The standard InChI is InChI=1S/C24H45NO2/c1-6-7-8-9-12-15-23(4)26-17-14-11-10-13-16-24(5)27-20-22(3)25-18-21(2)19-25/h21-22H,4-20H2,1-3H3. The normalized spacial score (nSPS) is 16.0. The van der Waals surface area contributed by atoms with Crippen LogP contribution in [0.3, 0.4) is 0 Å². The molecule has 1 saturated heterocycles. The van der Waals surface area contributed by atoms with Gasteiger partial charge in [0.2, 0.25) is 0 Å². The highest BCUT2D eigenvalue weighted by molar-refractivity contribution is 4.85. The average Bonchev–Trinajstić information content (AvgIpc) is 2.62. The zero-order chi connectivity index (χ0) is 19.9. The molecule has 3 heteroatoms. The lowest BCUT2D eigenvalue weighted by Crippen LogP contribution is -2.51. The Hall–Kier alpha value is -0.960. The summed E-state index contributed by atoms with van der Waals surface area (Å²) < 4.78 is 11.6. The van der Waals surface area contributed by atoms with Crippen molar-refractivity contribution in [3.8, 4) is 0 Å². The van der Waals surface area contributed by atoms with E-state index < -0.39 is 0 Å². The molecule has 0 amide bonds. The first-order chi connectivity index (χ1) is 13.0. The number of allylic oxidation sites excluding steroid dienone is 2. The first-order valence-electron chi connectivity index (χ1n) is 11.4. The predicted molar refractivity (Wildman–Crippen MR) is 117 cm³/mol. The Morgan fingerprint density at radius 1 is 0.889 bits per heavy atom. The quantitative estimate of drug-likeness (QED) is 0.195. The fourth-order valence-corrected chi connectivity index (χ4v) is 3.52. The minimum absolute atomic E-state index is 0.509. The minimum atomic E-state index is 0.509.